The standard InChI is InChI=1S/C8H17B2N/c1-11-10-8-4-2-6-9-7-3-5-8/h8,11H,2-7H2,1H3. The van der Waals surface area contributed by atoms with Crippen LogP contribution in [0, 0.1) is 0 Å². The van der Waals surface area contributed by atoms with Crippen LogP contribution in [0.5, 0.6) is 0 Å². The Morgan fingerprint density at radius 3 is 2.45 bits per heavy atom. The molecule has 0 aromatic rings. The van der Waals surface area contributed by atoms with Gasteiger partial charge in [0.1, 0.15) is 7.28 Å². The highest BCUT2D eigenvalue weighted by Crippen LogP contribution is 2.23. The first-order chi connectivity index (χ1) is 5.43. The van der Waals surface area contributed by atoms with Gasteiger partial charge in [-0.2, -0.15) is 0 Å². The molecule has 0 aromatic carbocycles. The second-order valence-electron chi connectivity index (χ2n) is 3.37. The predicted octanol–water partition coefficient (Wildman–Crippen LogP) is 1.73. The normalized spacial score (nSPS) is 21.5. The molecule has 0 aromatic heterocycles. The van der Waals surface area contributed by atoms with E-state index in [1.54, 1.807) is 0 Å². The highest BCUT2D eigenvalue weighted by Gasteiger charge is 2.11. The molecule has 1 nitrogen and oxygen atoms in total. The molecule has 11 heavy (non-hydrogen) atoms. The summed E-state index contributed by atoms with van der Waals surface area (Å²) in [5, 5.41) is 3.15. The Balaban J connectivity index is 2.15. The van der Waals surface area contributed by atoms with Crippen LogP contribution >= 0.6 is 0 Å². The van der Waals surface area contributed by atoms with Gasteiger partial charge >= 0.3 is 0 Å². The second kappa shape index (κ2) is 5.70. The Morgan fingerprint density at radius 1 is 1.27 bits per heavy atom. The maximum atomic E-state index is 3.15. The molecule has 1 saturated heterocycles. The summed E-state index contributed by atoms with van der Waals surface area (Å²) in [6, 6.07) is 0. The summed E-state index contributed by atoms with van der Waals surface area (Å²) >= 11 is 0. The first-order valence-corrected chi connectivity index (χ1v) is 4.76. The number of hydrogen-bond donors (Lipinski definition) is 1. The van der Waals surface area contributed by atoms with Gasteiger partial charge in [-0.05, 0) is 7.05 Å². The van der Waals surface area contributed by atoms with Crippen LogP contribution < -0.4 is 5.23 Å². The van der Waals surface area contributed by atoms with Crippen molar-refractivity contribution in [2.24, 2.45) is 0 Å². The van der Waals surface area contributed by atoms with E-state index in [4.69, 9.17) is 0 Å². The van der Waals surface area contributed by atoms with Gasteiger partial charge in [0.15, 0.2) is 0 Å². The molecular formula is C8H17B2N. The number of hydrogen-bond acceptors (Lipinski definition) is 1. The van der Waals surface area contributed by atoms with E-state index in [0.717, 1.165) is 5.82 Å². The molecule has 0 spiro atoms. The van der Waals surface area contributed by atoms with Crippen molar-refractivity contribution in [1.29, 1.82) is 0 Å². The third-order valence-electron chi connectivity index (χ3n) is 2.37. The van der Waals surface area contributed by atoms with Crippen LogP contribution in [0.1, 0.15) is 25.7 Å². The van der Waals surface area contributed by atoms with Crippen molar-refractivity contribution >= 4 is 14.7 Å². The van der Waals surface area contributed by atoms with E-state index >= 15 is 0 Å². The molecule has 1 N–H and O–H groups in total. The lowest BCUT2D eigenvalue weighted by molar-refractivity contribution is 0.628. The van der Waals surface area contributed by atoms with Crippen LogP contribution in [0.4, 0.5) is 0 Å². The topological polar surface area (TPSA) is 12.0 Å². The van der Waals surface area contributed by atoms with E-state index in [1.165, 1.54) is 38.3 Å². The Morgan fingerprint density at radius 2 is 1.91 bits per heavy atom. The molecule has 1 aliphatic rings. The SMILES string of the molecule is CN[B]C1CCC[B]CCC1. The average Bonchev–Trinajstić information content (AvgIpc) is 1.94. The second-order valence-corrected chi connectivity index (χ2v) is 3.37. The molecule has 1 fully saturated rings. The lowest BCUT2D eigenvalue weighted by Crippen LogP contribution is -2.20. The Labute approximate surface area is 71.8 Å². The molecule has 0 amide bonds. The smallest absolute Gasteiger partial charge is 0.208 e. The quantitative estimate of drug-likeness (QED) is 0.589. The van der Waals surface area contributed by atoms with E-state index in [-0.39, 0.29) is 0 Å². The Bertz CT molecular complexity index is 90.1. The zero-order chi connectivity index (χ0) is 7.94. The summed E-state index contributed by atoms with van der Waals surface area (Å²) in [7, 11) is 6.70. The Hall–Kier alpha value is 0.0899. The van der Waals surface area contributed by atoms with Crippen LogP contribution in [0.3, 0.4) is 0 Å². The van der Waals surface area contributed by atoms with Crippen molar-refractivity contribution in [2.75, 3.05) is 7.05 Å². The maximum Gasteiger partial charge on any atom is 0.208 e. The lowest BCUT2D eigenvalue weighted by Gasteiger charge is -2.17. The minimum atomic E-state index is 0.827. The molecule has 1 aliphatic heterocycles. The fourth-order valence-corrected chi connectivity index (χ4v) is 1.74. The minimum absolute atomic E-state index is 0.827. The van der Waals surface area contributed by atoms with E-state index in [1.807, 2.05) is 7.05 Å². The van der Waals surface area contributed by atoms with Gasteiger partial charge in [0.2, 0.25) is 7.41 Å². The molecule has 2 radical (unpaired) electrons. The average molecular weight is 149 g/mol. The van der Waals surface area contributed by atoms with Crippen molar-refractivity contribution in [3.8, 4) is 0 Å². The monoisotopic (exact) mass is 149 g/mol. The first kappa shape index (κ1) is 9.18. The summed E-state index contributed by atoms with van der Waals surface area (Å²) < 4.78 is 0. The molecule has 0 aliphatic carbocycles. The van der Waals surface area contributed by atoms with Crippen molar-refractivity contribution in [3.05, 3.63) is 0 Å². The van der Waals surface area contributed by atoms with Gasteiger partial charge in [-0.25, -0.2) is 0 Å². The molecule has 0 unspecified atom stereocenters. The molecule has 3 heteroatoms. The van der Waals surface area contributed by atoms with Gasteiger partial charge in [-0.1, -0.05) is 44.1 Å². The van der Waals surface area contributed by atoms with E-state index in [0.29, 0.717) is 0 Å². The van der Waals surface area contributed by atoms with Gasteiger partial charge in [0, 0.05) is 0 Å². The maximum absolute atomic E-state index is 3.15. The van der Waals surface area contributed by atoms with Crippen LogP contribution in [0.15, 0.2) is 0 Å². The van der Waals surface area contributed by atoms with Crippen LogP contribution in [0.2, 0.25) is 18.5 Å². The minimum Gasteiger partial charge on any atom is -0.363 e. The molecule has 1 heterocycles. The fourth-order valence-electron chi connectivity index (χ4n) is 1.74. The molecular weight excluding hydrogens is 132 g/mol. The van der Waals surface area contributed by atoms with Crippen molar-refractivity contribution in [2.45, 2.75) is 44.1 Å². The van der Waals surface area contributed by atoms with E-state index in [9.17, 15) is 0 Å². The van der Waals surface area contributed by atoms with Crippen molar-refractivity contribution in [3.63, 3.8) is 0 Å². The van der Waals surface area contributed by atoms with Gasteiger partial charge < -0.3 is 5.23 Å². The van der Waals surface area contributed by atoms with Crippen molar-refractivity contribution < 1.29 is 0 Å². The third-order valence-corrected chi connectivity index (χ3v) is 2.37. The van der Waals surface area contributed by atoms with Crippen LogP contribution in [-0.4, -0.2) is 21.7 Å². The van der Waals surface area contributed by atoms with Crippen LogP contribution in [0.25, 0.3) is 0 Å². The zero-order valence-corrected chi connectivity index (χ0v) is 7.47. The zero-order valence-electron chi connectivity index (χ0n) is 7.47. The fraction of sp³-hybridized carbons (Fsp3) is 1.00. The molecule has 60 valence electrons. The summed E-state index contributed by atoms with van der Waals surface area (Å²) in [4.78, 5) is 0. The predicted molar refractivity (Wildman–Crippen MR) is 52.4 cm³/mol. The van der Waals surface area contributed by atoms with Gasteiger partial charge in [-0.15, -0.1) is 0 Å². The Kier molecular flexibility index (Phi) is 4.76. The van der Waals surface area contributed by atoms with E-state index < -0.39 is 0 Å². The largest absolute Gasteiger partial charge is 0.363 e. The molecule has 1 rings (SSSR count). The van der Waals surface area contributed by atoms with Gasteiger partial charge in [-0.3, -0.25) is 0 Å². The highest BCUT2D eigenvalue weighted by atomic mass is 14.7. The summed E-state index contributed by atoms with van der Waals surface area (Å²) in [5.41, 5.74) is 0. The van der Waals surface area contributed by atoms with Crippen LogP contribution in [-0.2, 0) is 0 Å². The lowest BCUT2D eigenvalue weighted by atomic mass is 9.61. The summed E-state index contributed by atoms with van der Waals surface area (Å²) in [6.07, 6.45) is 8.16. The summed E-state index contributed by atoms with van der Waals surface area (Å²) in [6.45, 7) is 0. The first-order valence-electron chi connectivity index (χ1n) is 4.76. The number of rotatable bonds is 2. The van der Waals surface area contributed by atoms with Gasteiger partial charge in [0.25, 0.3) is 0 Å². The van der Waals surface area contributed by atoms with E-state index in [2.05, 4.69) is 19.9 Å². The summed E-state index contributed by atoms with van der Waals surface area (Å²) in [5.74, 6) is 0.827. The highest BCUT2D eigenvalue weighted by molar-refractivity contribution is 6.36. The molecule has 0 saturated carbocycles. The van der Waals surface area contributed by atoms with Gasteiger partial charge in [0.05, 0.1) is 0 Å². The molecule has 0 atom stereocenters. The number of nitrogens with one attached hydrogen (secondary N) is 1. The third kappa shape index (κ3) is 3.85. The molecule has 0 bridgehead atoms. The van der Waals surface area contributed by atoms with Crippen molar-refractivity contribution in [1.82, 2.24) is 5.23 Å².